The third-order valence-electron chi connectivity index (χ3n) is 3.41. The molecule has 0 aliphatic rings. The number of aryl methyl sites for hydroxylation is 1. The van der Waals surface area contributed by atoms with E-state index in [4.69, 9.17) is 10.5 Å². The Morgan fingerprint density at radius 2 is 2.05 bits per heavy atom. The van der Waals surface area contributed by atoms with Gasteiger partial charge in [0.1, 0.15) is 11.3 Å². The molecular formula is C16H25NO3. The van der Waals surface area contributed by atoms with Crippen molar-refractivity contribution in [3.63, 3.8) is 0 Å². The molecule has 0 aromatic heterocycles. The Morgan fingerprint density at radius 1 is 1.40 bits per heavy atom. The Morgan fingerprint density at radius 3 is 2.60 bits per heavy atom. The molecule has 4 nitrogen and oxygen atoms in total. The van der Waals surface area contributed by atoms with Crippen LogP contribution >= 0.6 is 0 Å². The fourth-order valence-electron chi connectivity index (χ4n) is 1.84. The van der Waals surface area contributed by atoms with Gasteiger partial charge in [-0.3, -0.25) is 4.79 Å². The van der Waals surface area contributed by atoms with Gasteiger partial charge in [0, 0.05) is 6.42 Å². The van der Waals surface area contributed by atoms with Crippen LogP contribution in [0, 0.1) is 6.92 Å². The van der Waals surface area contributed by atoms with Gasteiger partial charge in [-0.15, -0.1) is 0 Å². The van der Waals surface area contributed by atoms with Gasteiger partial charge in [-0.05, 0) is 37.0 Å². The van der Waals surface area contributed by atoms with Crippen LogP contribution in [0.1, 0.15) is 44.2 Å². The summed E-state index contributed by atoms with van der Waals surface area (Å²) in [6.07, 6.45) is 0.408. The first-order valence-electron chi connectivity index (χ1n) is 6.88. The normalized spacial score (nSPS) is 13.9. The van der Waals surface area contributed by atoms with Gasteiger partial charge in [0.05, 0.1) is 13.7 Å². The Labute approximate surface area is 121 Å². The van der Waals surface area contributed by atoms with Crippen molar-refractivity contribution in [3.8, 4) is 5.75 Å². The maximum atomic E-state index is 11.5. The number of nitrogens with two attached hydrogens (primary N) is 1. The zero-order valence-electron chi connectivity index (χ0n) is 13.0. The SMILES string of the molecule is COC(=O)C(C)(N)CCOc1cc(C(C)C)ccc1C. The van der Waals surface area contributed by atoms with Crippen molar-refractivity contribution in [2.45, 2.75) is 45.6 Å². The summed E-state index contributed by atoms with van der Waals surface area (Å²) in [5.74, 6) is 0.874. The summed E-state index contributed by atoms with van der Waals surface area (Å²) < 4.78 is 10.4. The summed E-state index contributed by atoms with van der Waals surface area (Å²) in [4.78, 5) is 11.5. The van der Waals surface area contributed by atoms with E-state index in [0.717, 1.165) is 11.3 Å². The minimum Gasteiger partial charge on any atom is -0.493 e. The van der Waals surface area contributed by atoms with Crippen molar-refractivity contribution >= 4 is 5.97 Å². The largest absolute Gasteiger partial charge is 0.493 e. The van der Waals surface area contributed by atoms with Crippen LogP contribution in [0.2, 0.25) is 0 Å². The van der Waals surface area contributed by atoms with Crippen LogP contribution in [-0.2, 0) is 9.53 Å². The quantitative estimate of drug-likeness (QED) is 0.813. The fourth-order valence-corrected chi connectivity index (χ4v) is 1.84. The molecule has 1 rings (SSSR count). The molecular weight excluding hydrogens is 254 g/mol. The molecule has 1 aromatic rings. The maximum absolute atomic E-state index is 11.5. The van der Waals surface area contributed by atoms with Crippen molar-refractivity contribution in [1.29, 1.82) is 0 Å². The number of rotatable bonds is 6. The third kappa shape index (κ3) is 4.23. The van der Waals surface area contributed by atoms with Crippen molar-refractivity contribution in [2.24, 2.45) is 5.73 Å². The molecule has 0 saturated heterocycles. The minimum absolute atomic E-state index is 0.379. The number of hydrogen-bond donors (Lipinski definition) is 1. The van der Waals surface area contributed by atoms with Crippen LogP contribution in [0.3, 0.4) is 0 Å². The Bertz CT molecular complexity index is 467. The molecule has 0 aliphatic heterocycles. The minimum atomic E-state index is -1.02. The van der Waals surface area contributed by atoms with Crippen molar-refractivity contribution in [3.05, 3.63) is 29.3 Å². The van der Waals surface area contributed by atoms with E-state index < -0.39 is 11.5 Å². The molecule has 1 atom stereocenters. The van der Waals surface area contributed by atoms with E-state index in [1.165, 1.54) is 12.7 Å². The molecule has 0 bridgehead atoms. The highest BCUT2D eigenvalue weighted by molar-refractivity contribution is 5.79. The first-order chi connectivity index (χ1) is 9.27. The van der Waals surface area contributed by atoms with E-state index in [0.29, 0.717) is 18.9 Å². The Hall–Kier alpha value is -1.55. The molecule has 1 unspecified atom stereocenters. The van der Waals surface area contributed by atoms with Gasteiger partial charge in [-0.25, -0.2) is 0 Å². The number of benzene rings is 1. The predicted molar refractivity (Wildman–Crippen MR) is 80.0 cm³/mol. The zero-order chi connectivity index (χ0) is 15.3. The first-order valence-corrected chi connectivity index (χ1v) is 6.88. The number of carbonyl (C=O) groups is 1. The first kappa shape index (κ1) is 16.5. The molecule has 2 N–H and O–H groups in total. The van der Waals surface area contributed by atoms with Crippen molar-refractivity contribution < 1.29 is 14.3 Å². The summed E-state index contributed by atoms with van der Waals surface area (Å²) in [6.45, 7) is 8.32. The predicted octanol–water partition coefficient (Wildman–Crippen LogP) is 2.78. The molecule has 4 heteroatoms. The van der Waals surface area contributed by atoms with Gasteiger partial charge < -0.3 is 15.2 Å². The highest BCUT2D eigenvalue weighted by Gasteiger charge is 2.29. The van der Waals surface area contributed by atoms with Gasteiger partial charge in [0.2, 0.25) is 0 Å². The molecule has 1 aromatic carbocycles. The van der Waals surface area contributed by atoms with Gasteiger partial charge in [0.25, 0.3) is 0 Å². The van der Waals surface area contributed by atoms with Crippen LogP contribution < -0.4 is 10.5 Å². The zero-order valence-corrected chi connectivity index (χ0v) is 13.0. The Kier molecular flexibility index (Phi) is 5.57. The molecule has 0 aliphatic carbocycles. The lowest BCUT2D eigenvalue weighted by molar-refractivity contribution is -0.146. The molecule has 0 heterocycles. The second-order valence-electron chi connectivity index (χ2n) is 5.69. The highest BCUT2D eigenvalue weighted by atomic mass is 16.5. The van der Waals surface area contributed by atoms with E-state index in [2.05, 4.69) is 24.7 Å². The van der Waals surface area contributed by atoms with Crippen LogP contribution in [-0.4, -0.2) is 25.2 Å². The number of esters is 1. The van der Waals surface area contributed by atoms with Crippen LogP contribution in [0.15, 0.2) is 18.2 Å². The van der Waals surface area contributed by atoms with Crippen LogP contribution in [0.4, 0.5) is 0 Å². The fraction of sp³-hybridized carbons (Fsp3) is 0.562. The monoisotopic (exact) mass is 279 g/mol. The number of hydrogen-bond acceptors (Lipinski definition) is 4. The Balaban J connectivity index is 2.66. The summed E-state index contributed by atoms with van der Waals surface area (Å²) in [6, 6.07) is 6.20. The summed E-state index contributed by atoms with van der Waals surface area (Å²) in [5, 5.41) is 0. The average molecular weight is 279 g/mol. The molecule has 112 valence electrons. The van der Waals surface area contributed by atoms with Crippen LogP contribution in [0.5, 0.6) is 5.75 Å². The number of carbonyl (C=O) groups excluding carboxylic acids is 1. The summed E-state index contributed by atoms with van der Waals surface area (Å²) in [7, 11) is 1.34. The summed E-state index contributed by atoms with van der Waals surface area (Å²) in [5.41, 5.74) is 7.19. The highest BCUT2D eigenvalue weighted by Crippen LogP contribution is 2.24. The topological polar surface area (TPSA) is 61.5 Å². The second kappa shape index (κ2) is 6.75. The van der Waals surface area contributed by atoms with E-state index in [9.17, 15) is 4.79 Å². The van der Waals surface area contributed by atoms with Gasteiger partial charge in [0.15, 0.2) is 0 Å². The second-order valence-corrected chi connectivity index (χ2v) is 5.69. The molecule has 0 spiro atoms. The maximum Gasteiger partial charge on any atom is 0.325 e. The molecule has 0 amide bonds. The van der Waals surface area contributed by atoms with E-state index in [-0.39, 0.29) is 0 Å². The van der Waals surface area contributed by atoms with Crippen LogP contribution in [0.25, 0.3) is 0 Å². The molecule has 0 radical (unpaired) electrons. The third-order valence-corrected chi connectivity index (χ3v) is 3.41. The average Bonchev–Trinajstić information content (AvgIpc) is 2.39. The summed E-state index contributed by atoms with van der Waals surface area (Å²) >= 11 is 0. The van der Waals surface area contributed by atoms with Gasteiger partial charge in [-0.1, -0.05) is 26.0 Å². The van der Waals surface area contributed by atoms with E-state index in [1.807, 2.05) is 19.1 Å². The number of methoxy groups -OCH3 is 1. The van der Waals surface area contributed by atoms with Gasteiger partial charge >= 0.3 is 5.97 Å². The molecule has 0 fully saturated rings. The lowest BCUT2D eigenvalue weighted by Crippen LogP contribution is -2.46. The smallest absolute Gasteiger partial charge is 0.325 e. The van der Waals surface area contributed by atoms with E-state index >= 15 is 0 Å². The lowest BCUT2D eigenvalue weighted by atomic mass is 10.00. The molecule has 20 heavy (non-hydrogen) atoms. The standard InChI is InChI=1S/C16H25NO3/c1-11(2)13-7-6-12(3)14(10-13)20-9-8-16(4,17)15(18)19-5/h6-7,10-11H,8-9,17H2,1-5H3. The van der Waals surface area contributed by atoms with E-state index in [1.54, 1.807) is 6.92 Å². The van der Waals surface area contributed by atoms with Gasteiger partial charge in [-0.2, -0.15) is 0 Å². The lowest BCUT2D eigenvalue weighted by Gasteiger charge is -2.21. The van der Waals surface area contributed by atoms with Crippen molar-refractivity contribution in [2.75, 3.05) is 13.7 Å². The molecule has 0 saturated carbocycles. The van der Waals surface area contributed by atoms with Crippen molar-refractivity contribution in [1.82, 2.24) is 0 Å². The number of ether oxygens (including phenoxy) is 2.